The molecule has 3 rings (SSSR count). The summed E-state index contributed by atoms with van der Waals surface area (Å²) in [5.74, 6) is 1.51. The summed E-state index contributed by atoms with van der Waals surface area (Å²) in [5.41, 5.74) is 2.06. The van der Waals surface area contributed by atoms with E-state index < -0.39 is 0 Å². The van der Waals surface area contributed by atoms with Crippen LogP contribution < -0.4 is 14.8 Å². The topological polar surface area (TPSA) is 50.8 Å². The molecule has 29 heavy (non-hydrogen) atoms. The Morgan fingerprint density at radius 1 is 1.17 bits per heavy atom. The second-order valence-corrected chi connectivity index (χ2v) is 7.08. The fraction of sp³-hybridized carbons (Fsp3) is 0.375. The van der Waals surface area contributed by atoms with Gasteiger partial charge >= 0.3 is 0 Å². The number of hydrogen-bond donors (Lipinski definition) is 1. The van der Waals surface area contributed by atoms with Crippen molar-refractivity contribution in [2.45, 2.75) is 25.8 Å². The fourth-order valence-electron chi connectivity index (χ4n) is 3.69. The molecule has 1 heterocycles. The minimum absolute atomic E-state index is 0.108. The summed E-state index contributed by atoms with van der Waals surface area (Å²) in [6.07, 6.45) is 5.77. The van der Waals surface area contributed by atoms with Gasteiger partial charge in [-0.3, -0.25) is 9.69 Å². The molecule has 0 saturated carbocycles. The fourth-order valence-corrected chi connectivity index (χ4v) is 3.69. The summed E-state index contributed by atoms with van der Waals surface area (Å²) < 4.78 is 11.0. The predicted molar refractivity (Wildman–Crippen MR) is 116 cm³/mol. The van der Waals surface area contributed by atoms with Crippen LogP contribution in [-0.4, -0.2) is 44.2 Å². The zero-order valence-corrected chi connectivity index (χ0v) is 17.3. The van der Waals surface area contributed by atoms with E-state index in [1.807, 2.05) is 43.3 Å². The lowest BCUT2D eigenvalue weighted by molar-refractivity contribution is -0.116. The Kier molecular flexibility index (Phi) is 7.70. The van der Waals surface area contributed by atoms with Gasteiger partial charge in [-0.25, -0.2) is 0 Å². The third-order valence-electron chi connectivity index (χ3n) is 5.16. The number of methoxy groups -OCH3 is 1. The van der Waals surface area contributed by atoms with Crippen molar-refractivity contribution >= 4 is 12.0 Å². The van der Waals surface area contributed by atoms with Crippen LogP contribution in [0.2, 0.25) is 0 Å². The van der Waals surface area contributed by atoms with Crippen LogP contribution >= 0.6 is 0 Å². The van der Waals surface area contributed by atoms with E-state index in [9.17, 15) is 4.79 Å². The molecule has 1 saturated heterocycles. The van der Waals surface area contributed by atoms with E-state index in [1.165, 1.54) is 12.8 Å². The van der Waals surface area contributed by atoms with Crippen LogP contribution in [0.3, 0.4) is 0 Å². The Bertz CT molecular complexity index is 828. The Labute approximate surface area is 173 Å². The number of amides is 1. The molecule has 5 nitrogen and oxygen atoms in total. The molecule has 0 aliphatic carbocycles. The maximum Gasteiger partial charge on any atom is 0.244 e. The van der Waals surface area contributed by atoms with Gasteiger partial charge in [-0.2, -0.15) is 0 Å². The van der Waals surface area contributed by atoms with Gasteiger partial charge in [0, 0.05) is 18.2 Å². The van der Waals surface area contributed by atoms with Crippen LogP contribution in [0.15, 0.2) is 54.6 Å². The summed E-state index contributed by atoms with van der Waals surface area (Å²) >= 11 is 0. The third-order valence-corrected chi connectivity index (χ3v) is 5.16. The second kappa shape index (κ2) is 10.7. The van der Waals surface area contributed by atoms with Gasteiger partial charge in [0.2, 0.25) is 5.91 Å². The monoisotopic (exact) mass is 394 g/mol. The molecule has 1 fully saturated rings. The van der Waals surface area contributed by atoms with Crippen LogP contribution in [0.25, 0.3) is 6.08 Å². The van der Waals surface area contributed by atoms with E-state index in [0.29, 0.717) is 13.2 Å². The Balaban J connectivity index is 1.66. The summed E-state index contributed by atoms with van der Waals surface area (Å²) in [5, 5.41) is 3.07. The molecule has 0 radical (unpaired) electrons. The van der Waals surface area contributed by atoms with Crippen molar-refractivity contribution in [3.8, 4) is 11.5 Å². The van der Waals surface area contributed by atoms with Gasteiger partial charge in [0.25, 0.3) is 0 Å². The van der Waals surface area contributed by atoms with Gasteiger partial charge in [0.15, 0.2) is 0 Å². The highest BCUT2D eigenvalue weighted by atomic mass is 16.5. The van der Waals surface area contributed by atoms with E-state index in [-0.39, 0.29) is 11.9 Å². The summed E-state index contributed by atoms with van der Waals surface area (Å²) in [6, 6.07) is 16.0. The molecule has 2 aromatic carbocycles. The molecule has 1 amide bonds. The molecule has 0 aromatic heterocycles. The highest BCUT2D eigenvalue weighted by molar-refractivity contribution is 5.92. The molecular formula is C24H30N2O3. The number of likely N-dealkylation sites (tertiary alicyclic amines) is 1. The predicted octanol–water partition coefficient (Wildman–Crippen LogP) is 4.06. The SMILES string of the molecule is CCOc1ccccc1/C=C/C(=O)NCC(c1cccc(OC)c1)N1CCCC1. The molecule has 1 aliphatic heterocycles. The Hall–Kier alpha value is -2.79. The maximum atomic E-state index is 12.5. The van der Waals surface area contributed by atoms with Gasteiger partial charge in [0.1, 0.15) is 11.5 Å². The first-order valence-corrected chi connectivity index (χ1v) is 10.3. The maximum absolute atomic E-state index is 12.5. The molecule has 154 valence electrons. The number of nitrogens with zero attached hydrogens (tertiary/aromatic N) is 1. The first kappa shape index (κ1) is 20.9. The first-order chi connectivity index (χ1) is 14.2. The second-order valence-electron chi connectivity index (χ2n) is 7.08. The minimum atomic E-state index is -0.108. The van der Waals surface area contributed by atoms with Gasteiger partial charge in [0.05, 0.1) is 19.8 Å². The quantitative estimate of drug-likeness (QED) is 0.652. The van der Waals surface area contributed by atoms with E-state index in [4.69, 9.17) is 9.47 Å². The number of carbonyl (C=O) groups excluding carboxylic acids is 1. The Morgan fingerprint density at radius 3 is 2.72 bits per heavy atom. The van der Waals surface area contributed by atoms with E-state index in [2.05, 4.69) is 22.3 Å². The zero-order chi connectivity index (χ0) is 20.5. The van der Waals surface area contributed by atoms with E-state index in [1.54, 1.807) is 19.3 Å². The van der Waals surface area contributed by atoms with E-state index >= 15 is 0 Å². The first-order valence-electron chi connectivity index (χ1n) is 10.3. The average molecular weight is 395 g/mol. The van der Waals surface area contributed by atoms with Crippen molar-refractivity contribution in [2.24, 2.45) is 0 Å². The highest BCUT2D eigenvalue weighted by Gasteiger charge is 2.24. The number of carbonyl (C=O) groups is 1. The van der Waals surface area contributed by atoms with Crippen LogP contribution in [0.4, 0.5) is 0 Å². The van der Waals surface area contributed by atoms with Crippen molar-refractivity contribution in [1.29, 1.82) is 0 Å². The number of ether oxygens (including phenoxy) is 2. The van der Waals surface area contributed by atoms with Crippen molar-refractivity contribution in [1.82, 2.24) is 10.2 Å². The number of nitrogens with one attached hydrogen (secondary N) is 1. The van der Waals surface area contributed by atoms with Crippen LogP contribution in [-0.2, 0) is 4.79 Å². The van der Waals surface area contributed by atoms with Gasteiger partial charge in [-0.05, 0) is 62.7 Å². The van der Waals surface area contributed by atoms with Gasteiger partial charge in [-0.15, -0.1) is 0 Å². The number of para-hydroxylation sites is 1. The van der Waals surface area contributed by atoms with Crippen LogP contribution in [0.5, 0.6) is 11.5 Å². The lowest BCUT2D eigenvalue weighted by atomic mass is 10.0. The Morgan fingerprint density at radius 2 is 1.97 bits per heavy atom. The molecule has 1 unspecified atom stereocenters. The van der Waals surface area contributed by atoms with Crippen molar-refractivity contribution in [3.63, 3.8) is 0 Å². The lowest BCUT2D eigenvalue weighted by Crippen LogP contribution is -2.36. The molecule has 2 aromatic rings. The van der Waals surface area contributed by atoms with Crippen LogP contribution in [0, 0.1) is 0 Å². The normalized spacial score (nSPS) is 15.4. The zero-order valence-electron chi connectivity index (χ0n) is 17.3. The highest BCUT2D eigenvalue weighted by Crippen LogP contribution is 2.27. The molecule has 1 N–H and O–H groups in total. The summed E-state index contributed by atoms with van der Waals surface area (Å²) in [6.45, 7) is 5.20. The molecule has 1 atom stereocenters. The largest absolute Gasteiger partial charge is 0.497 e. The number of hydrogen-bond acceptors (Lipinski definition) is 4. The van der Waals surface area contributed by atoms with Crippen molar-refractivity contribution in [2.75, 3.05) is 33.4 Å². The summed E-state index contributed by atoms with van der Waals surface area (Å²) in [7, 11) is 1.68. The summed E-state index contributed by atoms with van der Waals surface area (Å²) in [4.78, 5) is 14.9. The molecular weight excluding hydrogens is 364 g/mol. The van der Waals surface area contributed by atoms with Crippen molar-refractivity contribution in [3.05, 3.63) is 65.7 Å². The van der Waals surface area contributed by atoms with Crippen LogP contribution in [0.1, 0.15) is 36.9 Å². The number of benzene rings is 2. The van der Waals surface area contributed by atoms with E-state index in [0.717, 1.165) is 35.7 Å². The van der Waals surface area contributed by atoms with Gasteiger partial charge < -0.3 is 14.8 Å². The van der Waals surface area contributed by atoms with Crippen molar-refractivity contribution < 1.29 is 14.3 Å². The molecule has 5 heteroatoms. The number of rotatable bonds is 9. The standard InChI is InChI=1S/C24H30N2O3/c1-3-29-23-12-5-4-9-19(23)13-14-24(27)25-18-22(26-15-6-7-16-26)20-10-8-11-21(17-20)28-2/h4-5,8-14,17,22H,3,6-7,15-16,18H2,1-2H3,(H,25,27)/b14-13+. The molecule has 0 bridgehead atoms. The van der Waals surface area contributed by atoms with Gasteiger partial charge in [-0.1, -0.05) is 30.3 Å². The molecule has 0 spiro atoms. The molecule has 1 aliphatic rings. The average Bonchev–Trinajstić information content (AvgIpc) is 3.28. The minimum Gasteiger partial charge on any atom is -0.497 e. The smallest absolute Gasteiger partial charge is 0.244 e. The third kappa shape index (κ3) is 5.84. The lowest BCUT2D eigenvalue weighted by Gasteiger charge is -2.28.